The normalized spacial score (nSPS) is 26.2. The number of benzene rings is 1. The summed E-state index contributed by atoms with van der Waals surface area (Å²) in [5, 5.41) is 3.51. The van der Waals surface area contributed by atoms with Gasteiger partial charge >= 0.3 is 6.18 Å². The molecule has 2 saturated heterocycles. The third-order valence-corrected chi connectivity index (χ3v) is 7.21. The van der Waals surface area contributed by atoms with Crippen molar-refractivity contribution >= 4 is 46.8 Å². The molecule has 3 aliphatic rings. The number of pyridine rings is 1. The highest BCUT2D eigenvalue weighted by atomic mass is 35.5. The summed E-state index contributed by atoms with van der Waals surface area (Å²) in [6.07, 6.45) is -1.88. The molecule has 4 atom stereocenters. The predicted molar refractivity (Wildman–Crippen MR) is 132 cm³/mol. The summed E-state index contributed by atoms with van der Waals surface area (Å²) in [4.78, 5) is 33.3. The van der Waals surface area contributed by atoms with E-state index in [1.807, 2.05) is 38.1 Å². The van der Waals surface area contributed by atoms with Crippen molar-refractivity contribution in [3.05, 3.63) is 58.8 Å². The van der Waals surface area contributed by atoms with E-state index in [1.165, 1.54) is 6.92 Å². The molecule has 12 heteroatoms. The van der Waals surface area contributed by atoms with Crippen LogP contribution in [0.4, 0.5) is 24.7 Å². The molecule has 0 aliphatic carbocycles. The van der Waals surface area contributed by atoms with E-state index in [-0.39, 0.29) is 36.2 Å². The smallest absolute Gasteiger partial charge is 0.382 e. The molecule has 37 heavy (non-hydrogen) atoms. The van der Waals surface area contributed by atoms with E-state index < -0.39 is 52.4 Å². The fourth-order valence-corrected chi connectivity index (χ4v) is 5.89. The van der Waals surface area contributed by atoms with Crippen LogP contribution in [0.3, 0.4) is 0 Å². The molecule has 5 heterocycles. The quantitative estimate of drug-likeness (QED) is 0.499. The van der Waals surface area contributed by atoms with E-state index in [0.29, 0.717) is 5.69 Å². The SMILES string of the molecule is Cc1cc(C)cc(N2CC34C=CC(O3)C(C(=O)n3nc(N)c5c(C(F)(F)F)cc(C)nc53)C4C2=O)c1.Cl. The van der Waals surface area contributed by atoms with Crippen LogP contribution < -0.4 is 10.6 Å². The van der Waals surface area contributed by atoms with Crippen LogP contribution in [-0.4, -0.2) is 44.8 Å². The van der Waals surface area contributed by atoms with E-state index in [9.17, 15) is 22.8 Å². The number of ether oxygens (including phenoxy) is 1. The molecular formula is C25H23ClF3N5O3. The number of carbonyl (C=O) groups excluding carboxylic acids is 2. The van der Waals surface area contributed by atoms with Gasteiger partial charge in [0.2, 0.25) is 5.91 Å². The Morgan fingerprint density at radius 1 is 1.16 bits per heavy atom. The topological polar surface area (TPSA) is 103 Å². The summed E-state index contributed by atoms with van der Waals surface area (Å²) in [6.45, 7) is 5.49. The van der Waals surface area contributed by atoms with Crippen molar-refractivity contribution in [1.82, 2.24) is 14.8 Å². The third-order valence-electron chi connectivity index (χ3n) is 7.21. The minimum Gasteiger partial charge on any atom is -0.382 e. The van der Waals surface area contributed by atoms with Gasteiger partial charge in [-0.3, -0.25) is 9.59 Å². The van der Waals surface area contributed by atoms with Crippen molar-refractivity contribution in [1.29, 1.82) is 0 Å². The van der Waals surface area contributed by atoms with Crippen LogP contribution in [0.25, 0.3) is 11.0 Å². The van der Waals surface area contributed by atoms with Gasteiger partial charge in [-0.1, -0.05) is 18.2 Å². The van der Waals surface area contributed by atoms with Crippen LogP contribution >= 0.6 is 12.4 Å². The Labute approximate surface area is 215 Å². The molecule has 1 spiro atoms. The Morgan fingerprint density at radius 2 is 1.84 bits per heavy atom. The van der Waals surface area contributed by atoms with Gasteiger partial charge < -0.3 is 15.4 Å². The lowest BCUT2D eigenvalue weighted by atomic mass is 9.77. The van der Waals surface area contributed by atoms with Gasteiger partial charge in [-0.2, -0.15) is 17.9 Å². The Kier molecular flexibility index (Phi) is 5.47. The highest BCUT2D eigenvalue weighted by Crippen LogP contribution is 2.53. The van der Waals surface area contributed by atoms with Crippen molar-refractivity contribution in [3.8, 4) is 0 Å². The molecular weight excluding hydrogens is 511 g/mol. The number of rotatable bonds is 2. The van der Waals surface area contributed by atoms with Crippen LogP contribution in [0.5, 0.6) is 0 Å². The fraction of sp³-hybridized carbons (Fsp3) is 0.360. The minimum absolute atomic E-state index is 0. The van der Waals surface area contributed by atoms with E-state index in [1.54, 1.807) is 11.0 Å². The maximum Gasteiger partial charge on any atom is 0.417 e. The third kappa shape index (κ3) is 3.55. The number of amides is 1. The van der Waals surface area contributed by atoms with Crippen molar-refractivity contribution in [2.24, 2.45) is 11.8 Å². The maximum absolute atomic E-state index is 13.8. The highest BCUT2D eigenvalue weighted by molar-refractivity contribution is 6.05. The van der Waals surface area contributed by atoms with E-state index >= 15 is 0 Å². The Bertz CT molecular complexity index is 1500. The summed E-state index contributed by atoms with van der Waals surface area (Å²) in [6, 6.07) is 6.65. The van der Waals surface area contributed by atoms with E-state index in [2.05, 4.69) is 10.1 Å². The summed E-state index contributed by atoms with van der Waals surface area (Å²) in [7, 11) is 0. The number of hydrogen-bond donors (Lipinski definition) is 1. The zero-order chi connectivity index (χ0) is 25.7. The average molecular weight is 534 g/mol. The number of fused-ring (bicyclic) bond motifs is 2. The standard InChI is InChI=1S/C25H22F3N5O3.ClH/c1-11-6-12(2)8-14(7-11)32-10-24-5-4-16(36-24)18(19(24)23(32)35)22(34)33-21-17(20(29)31-33)15(25(26,27)28)9-13(3)30-21;/h4-9,16,18-19H,10H2,1-3H3,(H2,29,31);1H. The second kappa shape index (κ2) is 8.03. The summed E-state index contributed by atoms with van der Waals surface area (Å²) >= 11 is 0. The summed E-state index contributed by atoms with van der Waals surface area (Å²) in [5.74, 6) is -3.26. The number of nitrogens with zero attached hydrogens (tertiary/aromatic N) is 4. The Balaban J connectivity index is 0.00000280. The zero-order valence-electron chi connectivity index (χ0n) is 20.0. The van der Waals surface area contributed by atoms with Crippen LogP contribution in [0.15, 0.2) is 36.4 Å². The number of halogens is 4. The van der Waals surface area contributed by atoms with Crippen LogP contribution in [0.2, 0.25) is 0 Å². The van der Waals surface area contributed by atoms with Crippen LogP contribution in [0.1, 0.15) is 27.2 Å². The van der Waals surface area contributed by atoms with Gasteiger partial charge in [-0.15, -0.1) is 17.5 Å². The molecule has 2 N–H and O–H groups in total. The molecule has 6 rings (SSSR count). The number of hydrogen-bond acceptors (Lipinski definition) is 6. The van der Waals surface area contributed by atoms with Crippen molar-refractivity contribution in [2.45, 2.75) is 38.7 Å². The molecule has 2 aromatic heterocycles. The number of alkyl halides is 3. The monoisotopic (exact) mass is 533 g/mol. The molecule has 1 amide bonds. The Hall–Kier alpha value is -3.44. The molecule has 1 aromatic carbocycles. The number of nitrogen functional groups attached to an aromatic ring is 1. The first-order valence-electron chi connectivity index (χ1n) is 11.4. The van der Waals surface area contributed by atoms with Gasteiger partial charge in [0.15, 0.2) is 11.5 Å². The van der Waals surface area contributed by atoms with Gasteiger partial charge in [-0.05, 0) is 50.1 Å². The van der Waals surface area contributed by atoms with Crippen LogP contribution in [0, 0.1) is 32.6 Å². The van der Waals surface area contributed by atoms with E-state index in [4.69, 9.17) is 10.5 Å². The van der Waals surface area contributed by atoms with E-state index in [0.717, 1.165) is 21.9 Å². The molecule has 3 aliphatic heterocycles. The molecule has 3 aromatic rings. The molecule has 4 unspecified atom stereocenters. The van der Waals surface area contributed by atoms with Gasteiger partial charge in [0, 0.05) is 11.4 Å². The number of carbonyl (C=O) groups is 2. The zero-order valence-corrected chi connectivity index (χ0v) is 20.9. The van der Waals surface area contributed by atoms with Crippen molar-refractivity contribution < 1.29 is 27.5 Å². The first-order chi connectivity index (χ1) is 16.9. The summed E-state index contributed by atoms with van der Waals surface area (Å²) < 4.78 is 48.1. The molecule has 0 saturated carbocycles. The van der Waals surface area contributed by atoms with Gasteiger partial charge in [0.1, 0.15) is 5.60 Å². The average Bonchev–Trinajstić information content (AvgIpc) is 3.50. The maximum atomic E-state index is 13.8. The first kappa shape index (κ1) is 25.2. The van der Waals surface area contributed by atoms with Crippen LogP contribution in [-0.2, 0) is 15.7 Å². The number of aromatic nitrogens is 3. The minimum atomic E-state index is -4.72. The second-order valence-electron chi connectivity index (χ2n) is 9.81. The van der Waals surface area contributed by atoms with Gasteiger partial charge in [0.05, 0.1) is 35.4 Å². The van der Waals surface area contributed by atoms with Gasteiger partial charge in [0.25, 0.3) is 5.91 Å². The summed E-state index contributed by atoms with van der Waals surface area (Å²) in [5.41, 5.74) is 6.28. The molecule has 0 radical (unpaired) electrons. The number of anilines is 2. The molecule has 2 fully saturated rings. The molecule has 194 valence electrons. The predicted octanol–water partition coefficient (Wildman–Crippen LogP) is 4.01. The van der Waals surface area contributed by atoms with Crippen molar-refractivity contribution in [2.75, 3.05) is 17.2 Å². The lowest BCUT2D eigenvalue weighted by Gasteiger charge is -2.23. The largest absolute Gasteiger partial charge is 0.417 e. The molecule has 8 nitrogen and oxygen atoms in total. The lowest BCUT2D eigenvalue weighted by Crippen LogP contribution is -2.41. The Morgan fingerprint density at radius 3 is 2.49 bits per heavy atom. The number of aryl methyl sites for hydroxylation is 3. The fourth-order valence-electron chi connectivity index (χ4n) is 5.89. The van der Waals surface area contributed by atoms with Crippen molar-refractivity contribution in [3.63, 3.8) is 0 Å². The number of nitrogens with two attached hydrogens (primary N) is 1. The highest BCUT2D eigenvalue weighted by Gasteiger charge is 2.67. The van der Waals surface area contributed by atoms with Gasteiger partial charge in [-0.25, -0.2) is 4.98 Å². The lowest BCUT2D eigenvalue weighted by molar-refractivity contribution is -0.136. The first-order valence-corrected chi connectivity index (χ1v) is 11.4. The second-order valence-corrected chi connectivity index (χ2v) is 9.81. The molecule has 2 bridgehead atoms.